The lowest BCUT2D eigenvalue weighted by Gasteiger charge is -2.12. The van der Waals surface area contributed by atoms with Crippen LogP contribution in [0.25, 0.3) is 0 Å². The van der Waals surface area contributed by atoms with E-state index in [0.717, 1.165) is 0 Å². The highest BCUT2D eigenvalue weighted by Gasteiger charge is 2.34. The van der Waals surface area contributed by atoms with E-state index in [1.807, 2.05) is 0 Å². The highest BCUT2D eigenvalue weighted by Crippen LogP contribution is 2.32. The molecule has 1 aliphatic rings. The van der Waals surface area contributed by atoms with Gasteiger partial charge in [-0.05, 0) is 19.3 Å². The predicted octanol–water partition coefficient (Wildman–Crippen LogP) is 2.41. The molecule has 0 fully saturated rings. The topological polar surface area (TPSA) is 20.2 Å². The van der Waals surface area contributed by atoms with Gasteiger partial charge in [-0.15, -0.1) is 0 Å². The van der Waals surface area contributed by atoms with E-state index in [9.17, 15) is 13.2 Å². The van der Waals surface area contributed by atoms with Gasteiger partial charge in [0.05, 0.1) is 6.10 Å². The number of aliphatic hydroxyl groups is 1. The molecule has 4 heteroatoms. The van der Waals surface area contributed by atoms with Gasteiger partial charge >= 0.3 is 6.18 Å². The largest absolute Gasteiger partial charge is 0.412 e. The average Bonchev–Trinajstić information content (AvgIpc) is 2.11. The first kappa shape index (κ1) is 9.58. The van der Waals surface area contributed by atoms with Gasteiger partial charge < -0.3 is 5.11 Å². The van der Waals surface area contributed by atoms with E-state index in [1.165, 1.54) is 6.08 Å². The van der Waals surface area contributed by atoms with E-state index in [-0.39, 0.29) is 6.42 Å². The van der Waals surface area contributed by atoms with Crippen LogP contribution >= 0.6 is 0 Å². The van der Waals surface area contributed by atoms with Crippen molar-refractivity contribution in [2.75, 3.05) is 0 Å². The Hall–Kier alpha value is -0.510. The second-order valence-corrected chi connectivity index (χ2v) is 3.02. The van der Waals surface area contributed by atoms with Crippen molar-refractivity contribution in [3.63, 3.8) is 0 Å². The number of allylic oxidation sites excluding steroid dienone is 1. The maximum absolute atomic E-state index is 12.1. The Labute approximate surface area is 68.9 Å². The summed E-state index contributed by atoms with van der Waals surface area (Å²) in [5.41, 5.74) is -0.576. The fraction of sp³-hybridized carbons (Fsp3) is 0.750. The summed E-state index contributed by atoms with van der Waals surface area (Å²) in [5.74, 6) is 0. The quantitative estimate of drug-likeness (QED) is 0.567. The first-order valence-electron chi connectivity index (χ1n) is 3.94. The third-order valence-corrected chi connectivity index (χ3v) is 1.95. The molecule has 0 heterocycles. The summed E-state index contributed by atoms with van der Waals surface area (Å²) >= 11 is 0. The van der Waals surface area contributed by atoms with Crippen LogP contribution in [0.4, 0.5) is 13.2 Å². The van der Waals surface area contributed by atoms with Crippen molar-refractivity contribution >= 4 is 0 Å². The van der Waals surface area contributed by atoms with Crippen LogP contribution in [-0.2, 0) is 0 Å². The van der Waals surface area contributed by atoms with Gasteiger partial charge in [0.25, 0.3) is 0 Å². The molecule has 0 saturated heterocycles. The number of alkyl halides is 3. The third-order valence-electron chi connectivity index (χ3n) is 1.95. The normalized spacial score (nSPS) is 26.3. The van der Waals surface area contributed by atoms with Crippen molar-refractivity contribution in [1.82, 2.24) is 0 Å². The Morgan fingerprint density at radius 2 is 2.08 bits per heavy atom. The van der Waals surface area contributed by atoms with Crippen LogP contribution in [0.5, 0.6) is 0 Å². The van der Waals surface area contributed by atoms with Crippen LogP contribution in [0.15, 0.2) is 11.6 Å². The number of rotatable bonds is 0. The lowest BCUT2D eigenvalue weighted by atomic mass is 10.1. The van der Waals surface area contributed by atoms with Crippen molar-refractivity contribution < 1.29 is 18.3 Å². The second kappa shape index (κ2) is 3.47. The smallest absolute Gasteiger partial charge is 0.393 e. The molecule has 1 N–H and O–H groups in total. The molecular formula is C8H11F3O. The van der Waals surface area contributed by atoms with Crippen LogP contribution in [-0.4, -0.2) is 17.4 Å². The molecule has 1 nitrogen and oxygen atoms in total. The van der Waals surface area contributed by atoms with Gasteiger partial charge in [-0.3, -0.25) is 0 Å². The molecule has 0 aliphatic heterocycles. The highest BCUT2D eigenvalue weighted by atomic mass is 19.4. The Balaban J connectivity index is 2.68. The first-order valence-corrected chi connectivity index (χ1v) is 3.94. The van der Waals surface area contributed by atoms with Gasteiger partial charge in [-0.1, -0.05) is 6.08 Å². The standard InChI is InChI=1S/C8H11F3O/c9-8(10,11)6-3-1-2-4-7(12)5-6/h3,7,12H,1-2,4-5H2/t7-/m0/s1. The van der Waals surface area contributed by atoms with Crippen LogP contribution in [0.2, 0.25) is 0 Å². The summed E-state index contributed by atoms with van der Waals surface area (Å²) in [5, 5.41) is 9.08. The number of aliphatic hydroxyl groups excluding tert-OH is 1. The van der Waals surface area contributed by atoms with E-state index in [4.69, 9.17) is 5.11 Å². The molecule has 0 saturated carbocycles. The second-order valence-electron chi connectivity index (χ2n) is 3.02. The van der Waals surface area contributed by atoms with E-state index in [2.05, 4.69) is 0 Å². The molecule has 0 aromatic heterocycles. The fourth-order valence-electron chi connectivity index (χ4n) is 1.30. The Morgan fingerprint density at radius 3 is 2.67 bits per heavy atom. The van der Waals surface area contributed by atoms with Gasteiger partial charge in [-0.25, -0.2) is 0 Å². The zero-order chi connectivity index (χ0) is 9.19. The summed E-state index contributed by atoms with van der Waals surface area (Å²) in [7, 11) is 0. The summed E-state index contributed by atoms with van der Waals surface area (Å²) in [4.78, 5) is 0. The van der Waals surface area contributed by atoms with Crippen molar-refractivity contribution in [2.24, 2.45) is 0 Å². The van der Waals surface area contributed by atoms with Crippen molar-refractivity contribution in [2.45, 2.75) is 38.0 Å². The van der Waals surface area contributed by atoms with Crippen LogP contribution in [0.3, 0.4) is 0 Å². The molecule has 0 amide bonds. The summed E-state index contributed by atoms with van der Waals surface area (Å²) in [6.45, 7) is 0. The maximum atomic E-state index is 12.1. The molecule has 0 aromatic rings. The van der Waals surface area contributed by atoms with Crippen LogP contribution in [0, 0.1) is 0 Å². The number of hydrogen-bond donors (Lipinski definition) is 1. The van der Waals surface area contributed by atoms with E-state index < -0.39 is 17.9 Å². The van der Waals surface area contributed by atoms with Gasteiger partial charge in [0.15, 0.2) is 0 Å². The molecule has 0 unspecified atom stereocenters. The van der Waals surface area contributed by atoms with E-state index >= 15 is 0 Å². The molecular weight excluding hydrogens is 169 g/mol. The third kappa shape index (κ3) is 2.52. The van der Waals surface area contributed by atoms with Gasteiger partial charge in [0, 0.05) is 12.0 Å². The van der Waals surface area contributed by atoms with E-state index in [1.54, 1.807) is 0 Å². The number of halogens is 3. The van der Waals surface area contributed by atoms with Crippen molar-refractivity contribution in [1.29, 1.82) is 0 Å². The molecule has 0 radical (unpaired) electrons. The zero-order valence-corrected chi connectivity index (χ0v) is 6.56. The summed E-state index contributed by atoms with van der Waals surface area (Å²) < 4.78 is 36.3. The van der Waals surface area contributed by atoms with Crippen LogP contribution < -0.4 is 0 Å². The molecule has 1 atom stereocenters. The minimum atomic E-state index is -4.26. The van der Waals surface area contributed by atoms with Crippen molar-refractivity contribution in [3.05, 3.63) is 11.6 Å². The van der Waals surface area contributed by atoms with Crippen LogP contribution in [0.1, 0.15) is 25.7 Å². The molecule has 0 spiro atoms. The Kier molecular flexibility index (Phi) is 2.77. The monoisotopic (exact) mass is 180 g/mol. The maximum Gasteiger partial charge on any atom is 0.412 e. The average molecular weight is 180 g/mol. The minimum absolute atomic E-state index is 0.247. The van der Waals surface area contributed by atoms with Gasteiger partial charge in [-0.2, -0.15) is 13.2 Å². The van der Waals surface area contributed by atoms with Gasteiger partial charge in [0.1, 0.15) is 0 Å². The molecule has 0 bridgehead atoms. The van der Waals surface area contributed by atoms with Gasteiger partial charge in [0.2, 0.25) is 0 Å². The lowest BCUT2D eigenvalue weighted by Crippen LogP contribution is -2.16. The lowest BCUT2D eigenvalue weighted by molar-refractivity contribution is -0.0969. The highest BCUT2D eigenvalue weighted by molar-refractivity contribution is 5.11. The zero-order valence-electron chi connectivity index (χ0n) is 6.56. The fourth-order valence-corrected chi connectivity index (χ4v) is 1.30. The SMILES string of the molecule is O[C@H]1CCCC=C(C(F)(F)F)C1. The molecule has 12 heavy (non-hydrogen) atoms. The molecule has 1 aliphatic carbocycles. The summed E-state index contributed by atoms with van der Waals surface area (Å²) in [6, 6.07) is 0. The molecule has 1 rings (SSSR count). The minimum Gasteiger partial charge on any atom is -0.393 e. The first-order chi connectivity index (χ1) is 5.50. The molecule has 70 valence electrons. The van der Waals surface area contributed by atoms with E-state index in [0.29, 0.717) is 19.3 Å². The Bertz CT molecular complexity index is 183. The molecule has 0 aromatic carbocycles. The number of hydrogen-bond acceptors (Lipinski definition) is 1. The van der Waals surface area contributed by atoms with Crippen molar-refractivity contribution in [3.8, 4) is 0 Å². The predicted molar refractivity (Wildman–Crippen MR) is 38.6 cm³/mol. The Morgan fingerprint density at radius 1 is 1.42 bits per heavy atom. The summed E-state index contributed by atoms with van der Waals surface area (Å²) in [6.07, 6.45) is -2.60.